The van der Waals surface area contributed by atoms with Crippen molar-refractivity contribution in [3.63, 3.8) is 0 Å². The number of pyridine rings is 1. The van der Waals surface area contributed by atoms with Gasteiger partial charge in [0.05, 0.1) is 5.56 Å². The van der Waals surface area contributed by atoms with Crippen LogP contribution in [0.3, 0.4) is 0 Å². The quantitative estimate of drug-likeness (QED) is 0.865. The molecule has 0 bridgehead atoms. The van der Waals surface area contributed by atoms with Gasteiger partial charge >= 0.3 is 0 Å². The van der Waals surface area contributed by atoms with E-state index >= 15 is 0 Å². The Hall–Kier alpha value is -1.56. The maximum absolute atomic E-state index is 9.06. The summed E-state index contributed by atoms with van der Waals surface area (Å²) < 4.78 is 0. The second-order valence-electron chi connectivity index (χ2n) is 4.94. The van der Waals surface area contributed by atoms with E-state index in [1.807, 2.05) is 19.1 Å². The summed E-state index contributed by atoms with van der Waals surface area (Å²) in [5.74, 6) is 1.47. The van der Waals surface area contributed by atoms with Crippen LogP contribution >= 0.6 is 0 Å². The van der Waals surface area contributed by atoms with Crippen LogP contribution in [0.4, 0.5) is 5.82 Å². The maximum Gasteiger partial charge on any atom is 0.144 e. The zero-order valence-electron chi connectivity index (χ0n) is 10.5. The lowest BCUT2D eigenvalue weighted by molar-refractivity contribution is 0.481. The van der Waals surface area contributed by atoms with E-state index in [1.54, 1.807) is 0 Å². The van der Waals surface area contributed by atoms with Gasteiger partial charge in [0, 0.05) is 11.7 Å². The number of hydrogen-bond acceptors (Lipinski definition) is 3. The van der Waals surface area contributed by atoms with Crippen LogP contribution in [0.1, 0.15) is 43.9 Å². The Morgan fingerprint density at radius 2 is 2.12 bits per heavy atom. The number of nitriles is 1. The number of aromatic nitrogens is 1. The maximum atomic E-state index is 9.06. The molecule has 0 amide bonds. The second-order valence-corrected chi connectivity index (χ2v) is 4.94. The van der Waals surface area contributed by atoms with E-state index in [2.05, 4.69) is 23.3 Å². The first-order valence-corrected chi connectivity index (χ1v) is 6.35. The van der Waals surface area contributed by atoms with Gasteiger partial charge in [-0.3, -0.25) is 0 Å². The van der Waals surface area contributed by atoms with Crippen LogP contribution in [0.5, 0.6) is 0 Å². The number of aryl methyl sites for hydroxylation is 1. The fourth-order valence-electron chi connectivity index (χ4n) is 2.55. The lowest BCUT2D eigenvalue weighted by Gasteiger charge is -2.21. The standard InChI is InChI=1S/C14H19N3/c1-10-7-8-13(9-15)14(16-10)17-11(2)12-5-3-4-6-12/h7-8,11-12H,3-6H2,1-2H3,(H,16,17). The molecule has 1 saturated carbocycles. The molecule has 1 heterocycles. The molecule has 90 valence electrons. The van der Waals surface area contributed by atoms with E-state index in [9.17, 15) is 0 Å². The van der Waals surface area contributed by atoms with Gasteiger partial charge in [-0.15, -0.1) is 0 Å². The average Bonchev–Trinajstić information content (AvgIpc) is 2.83. The van der Waals surface area contributed by atoms with Gasteiger partial charge in [0.25, 0.3) is 0 Å². The number of nitrogens with zero attached hydrogens (tertiary/aromatic N) is 2. The van der Waals surface area contributed by atoms with Crippen molar-refractivity contribution in [2.75, 3.05) is 5.32 Å². The molecule has 0 saturated heterocycles. The van der Waals surface area contributed by atoms with E-state index in [1.165, 1.54) is 25.7 Å². The van der Waals surface area contributed by atoms with Crippen molar-refractivity contribution < 1.29 is 0 Å². The number of hydrogen-bond donors (Lipinski definition) is 1. The number of rotatable bonds is 3. The van der Waals surface area contributed by atoms with Gasteiger partial charge in [0.15, 0.2) is 0 Å². The van der Waals surface area contributed by atoms with Crippen LogP contribution in [0.25, 0.3) is 0 Å². The molecule has 1 aromatic rings. The Bertz CT molecular complexity index is 428. The minimum absolute atomic E-state index is 0.402. The molecule has 3 heteroatoms. The molecule has 1 aliphatic carbocycles. The number of nitrogens with one attached hydrogen (secondary N) is 1. The monoisotopic (exact) mass is 229 g/mol. The first kappa shape index (κ1) is 11.9. The van der Waals surface area contributed by atoms with Crippen molar-refractivity contribution in [3.05, 3.63) is 23.4 Å². The molecule has 0 spiro atoms. The first-order valence-electron chi connectivity index (χ1n) is 6.35. The van der Waals surface area contributed by atoms with E-state index < -0.39 is 0 Å². The topological polar surface area (TPSA) is 48.7 Å². The van der Waals surface area contributed by atoms with Crippen molar-refractivity contribution >= 4 is 5.82 Å². The van der Waals surface area contributed by atoms with Gasteiger partial charge in [0.1, 0.15) is 11.9 Å². The smallest absolute Gasteiger partial charge is 0.144 e. The third kappa shape index (κ3) is 2.76. The highest BCUT2D eigenvalue weighted by Gasteiger charge is 2.22. The summed E-state index contributed by atoms with van der Waals surface area (Å²) in [6.45, 7) is 4.15. The molecule has 3 nitrogen and oxygen atoms in total. The zero-order chi connectivity index (χ0) is 12.3. The predicted octanol–water partition coefficient (Wildman–Crippen LogP) is 3.25. The Morgan fingerprint density at radius 1 is 1.41 bits per heavy atom. The SMILES string of the molecule is Cc1ccc(C#N)c(NC(C)C2CCCC2)n1. The van der Waals surface area contributed by atoms with Gasteiger partial charge in [-0.25, -0.2) is 4.98 Å². The van der Waals surface area contributed by atoms with Crippen LogP contribution in [0, 0.1) is 24.2 Å². The molecule has 1 atom stereocenters. The van der Waals surface area contributed by atoms with Crippen molar-refractivity contribution in [3.8, 4) is 6.07 Å². The molecule has 0 aromatic carbocycles. The molecule has 1 aliphatic rings. The predicted molar refractivity (Wildman–Crippen MR) is 68.7 cm³/mol. The second kappa shape index (κ2) is 5.18. The number of anilines is 1. The van der Waals surface area contributed by atoms with Gasteiger partial charge < -0.3 is 5.32 Å². The summed E-state index contributed by atoms with van der Waals surface area (Å²) in [5, 5.41) is 12.5. The third-order valence-electron chi connectivity index (χ3n) is 3.63. The third-order valence-corrected chi connectivity index (χ3v) is 3.63. The minimum Gasteiger partial charge on any atom is -0.366 e. The lowest BCUT2D eigenvalue weighted by atomic mass is 10.00. The van der Waals surface area contributed by atoms with Crippen LogP contribution in [0.15, 0.2) is 12.1 Å². The van der Waals surface area contributed by atoms with Crippen molar-refractivity contribution in [1.82, 2.24) is 4.98 Å². The van der Waals surface area contributed by atoms with Gasteiger partial charge in [-0.2, -0.15) is 5.26 Å². The Kier molecular flexibility index (Phi) is 3.63. The molecule has 1 N–H and O–H groups in total. The zero-order valence-corrected chi connectivity index (χ0v) is 10.5. The molecule has 0 radical (unpaired) electrons. The van der Waals surface area contributed by atoms with Gasteiger partial charge in [-0.05, 0) is 44.7 Å². The van der Waals surface area contributed by atoms with Crippen LogP contribution in [-0.2, 0) is 0 Å². The summed E-state index contributed by atoms with van der Waals surface area (Å²) in [7, 11) is 0. The fourth-order valence-corrected chi connectivity index (χ4v) is 2.55. The highest BCUT2D eigenvalue weighted by molar-refractivity contribution is 5.52. The molecule has 1 fully saturated rings. The molecular formula is C14H19N3. The van der Waals surface area contributed by atoms with Gasteiger partial charge in [-0.1, -0.05) is 12.8 Å². The lowest BCUT2D eigenvalue weighted by Crippen LogP contribution is -2.25. The summed E-state index contributed by atoms with van der Waals surface area (Å²) >= 11 is 0. The first-order chi connectivity index (χ1) is 8.20. The van der Waals surface area contributed by atoms with E-state index in [0.717, 1.165) is 17.4 Å². The Morgan fingerprint density at radius 3 is 2.76 bits per heavy atom. The normalized spacial score (nSPS) is 17.7. The highest BCUT2D eigenvalue weighted by atomic mass is 15.0. The largest absolute Gasteiger partial charge is 0.366 e. The molecule has 0 aliphatic heterocycles. The summed E-state index contributed by atoms with van der Waals surface area (Å²) in [6.07, 6.45) is 5.26. The van der Waals surface area contributed by atoms with Crippen molar-refractivity contribution in [2.45, 2.75) is 45.6 Å². The minimum atomic E-state index is 0.402. The van der Waals surface area contributed by atoms with E-state index in [-0.39, 0.29) is 0 Å². The summed E-state index contributed by atoms with van der Waals surface area (Å²) in [5.41, 5.74) is 1.59. The Labute approximate surface area is 103 Å². The summed E-state index contributed by atoms with van der Waals surface area (Å²) in [6, 6.07) is 6.31. The molecule has 2 rings (SSSR count). The highest BCUT2D eigenvalue weighted by Crippen LogP contribution is 2.29. The summed E-state index contributed by atoms with van der Waals surface area (Å²) in [4.78, 5) is 4.42. The molecule has 1 unspecified atom stereocenters. The Balaban J connectivity index is 2.11. The van der Waals surface area contributed by atoms with Crippen LogP contribution in [-0.4, -0.2) is 11.0 Å². The van der Waals surface area contributed by atoms with Crippen molar-refractivity contribution in [2.24, 2.45) is 5.92 Å². The average molecular weight is 229 g/mol. The molecule has 1 aromatic heterocycles. The fraction of sp³-hybridized carbons (Fsp3) is 0.571. The molecule has 17 heavy (non-hydrogen) atoms. The van der Waals surface area contributed by atoms with E-state index in [0.29, 0.717) is 11.6 Å². The van der Waals surface area contributed by atoms with Crippen LogP contribution in [0.2, 0.25) is 0 Å². The van der Waals surface area contributed by atoms with E-state index in [4.69, 9.17) is 5.26 Å². The van der Waals surface area contributed by atoms with Crippen molar-refractivity contribution in [1.29, 1.82) is 5.26 Å². The van der Waals surface area contributed by atoms with Crippen LogP contribution < -0.4 is 5.32 Å². The van der Waals surface area contributed by atoms with Gasteiger partial charge in [0.2, 0.25) is 0 Å². The molecular weight excluding hydrogens is 210 g/mol.